The fourth-order valence-corrected chi connectivity index (χ4v) is 3.78. The first-order valence-corrected chi connectivity index (χ1v) is 8.33. The Balaban J connectivity index is 2.87. The molecule has 5 heteroatoms. The van der Waals surface area contributed by atoms with Gasteiger partial charge in [0.15, 0.2) is 9.84 Å². The second kappa shape index (κ2) is 6.89. The average Bonchev–Trinajstić information content (AvgIpc) is 2.37. The molecule has 1 unspecified atom stereocenters. The minimum absolute atomic E-state index is 0.0224. The molecule has 0 aliphatic heterocycles. The van der Waals surface area contributed by atoms with Gasteiger partial charge < -0.3 is 5.73 Å². The summed E-state index contributed by atoms with van der Waals surface area (Å²) in [5, 5.41) is 0. The molecule has 0 amide bonds. The molecule has 0 saturated heterocycles. The smallest absolute Gasteiger partial charge is 0.178 e. The molecule has 0 radical (unpaired) electrons. The molecule has 0 heterocycles. The largest absolute Gasteiger partial charge is 0.396 e. The molecule has 0 fully saturated rings. The first-order valence-electron chi connectivity index (χ1n) is 6.68. The Hall–Kier alpha value is -1.10. The van der Waals surface area contributed by atoms with E-state index in [0.717, 1.165) is 31.7 Å². The topological polar surface area (TPSA) is 60.2 Å². The monoisotopic (exact) mass is 287 g/mol. The van der Waals surface area contributed by atoms with Crippen LogP contribution < -0.4 is 5.73 Å². The van der Waals surface area contributed by atoms with E-state index in [1.165, 1.54) is 12.1 Å². The number of unbranched alkanes of at least 4 members (excludes halogenated alkanes) is 1. The minimum Gasteiger partial charge on any atom is -0.396 e. The SMILES string of the molecule is CCCCC(CC)CS(=O)(=O)c1ccc(N)c(F)c1. The molecule has 1 aromatic carbocycles. The highest BCUT2D eigenvalue weighted by atomic mass is 32.2. The van der Waals surface area contributed by atoms with E-state index >= 15 is 0 Å². The molecule has 1 atom stereocenters. The van der Waals surface area contributed by atoms with Gasteiger partial charge in [0, 0.05) is 0 Å². The van der Waals surface area contributed by atoms with E-state index in [0.29, 0.717) is 0 Å². The summed E-state index contributed by atoms with van der Waals surface area (Å²) in [6, 6.07) is 3.69. The summed E-state index contributed by atoms with van der Waals surface area (Å²) < 4.78 is 37.8. The Morgan fingerprint density at radius 3 is 2.53 bits per heavy atom. The molecule has 3 nitrogen and oxygen atoms in total. The van der Waals surface area contributed by atoms with E-state index in [4.69, 9.17) is 5.73 Å². The van der Waals surface area contributed by atoms with E-state index in [1.807, 2.05) is 6.92 Å². The first kappa shape index (κ1) is 16.0. The van der Waals surface area contributed by atoms with Gasteiger partial charge in [-0.3, -0.25) is 0 Å². The summed E-state index contributed by atoms with van der Waals surface area (Å²) in [6.07, 6.45) is 3.78. The van der Waals surface area contributed by atoms with Crippen molar-refractivity contribution in [3.05, 3.63) is 24.0 Å². The van der Waals surface area contributed by atoms with Gasteiger partial charge in [0.05, 0.1) is 16.3 Å². The van der Waals surface area contributed by atoms with Gasteiger partial charge in [0.25, 0.3) is 0 Å². The van der Waals surface area contributed by atoms with Crippen LogP contribution in [0, 0.1) is 11.7 Å². The minimum atomic E-state index is -3.44. The van der Waals surface area contributed by atoms with E-state index in [-0.39, 0.29) is 22.3 Å². The van der Waals surface area contributed by atoms with Crippen molar-refractivity contribution in [3.63, 3.8) is 0 Å². The van der Waals surface area contributed by atoms with Gasteiger partial charge in [-0.25, -0.2) is 12.8 Å². The number of sulfone groups is 1. The zero-order valence-corrected chi connectivity index (χ0v) is 12.3. The lowest BCUT2D eigenvalue weighted by molar-refractivity contribution is 0.483. The lowest BCUT2D eigenvalue weighted by atomic mass is 10.0. The van der Waals surface area contributed by atoms with Crippen LogP contribution in [0.3, 0.4) is 0 Å². The predicted molar refractivity (Wildman–Crippen MR) is 76.2 cm³/mol. The summed E-state index contributed by atoms with van der Waals surface area (Å²) in [7, 11) is -3.44. The molecule has 1 rings (SSSR count). The number of nitrogen functional groups attached to an aromatic ring is 1. The first-order chi connectivity index (χ1) is 8.90. The Kier molecular flexibility index (Phi) is 5.79. The van der Waals surface area contributed by atoms with Crippen molar-refractivity contribution in [1.29, 1.82) is 0 Å². The average molecular weight is 287 g/mol. The fraction of sp³-hybridized carbons (Fsp3) is 0.571. The number of hydrogen-bond donors (Lipinski definition) is 1. The van der Waals surface area contributed by atoms with Gasteiger partial charge in [-0.15, -0.1) is 0 Å². The van der Waals surface area contributed by atoms with Crippen LogP contribution in [0.5, 0.6) is 0 Å². The molecule has 0 spiro atoms. The van der Waals surface area contributed by atoms with Gasteiger partial charge in [-0.1, -0.05) is 33.1 Å². The number of benzene rings is 1. The molecule has 2 N–H and O–H groups in total. The standard InChI is InChI=1S/C14H22FNO2S/c1-3-5-6-11(4-2)10-19(17,18)12-7-8-14(16)13(15)9-12/h7-9,11H,3-6,10,16H2,1-2H3. The fourth-order valence-electron chi connectivity index (χ4n) is 2.01. The van der Waals surface area contributed by atoms with Crippen molar-refractivity contribution >= 4 is 15.5 Å². The highest BCUT2D eigenvalue weighted by Crippen LogP contribution is 2.22. The van der Waals surface area contributed by atoms with Gasteiger partial charge in [0.2, 0.25) is 0 Å². The lowest BCUT2D eigenvalue weighted by Gasteiger charge is -2.14. The highest BCUT2D eigenvalue weighted by Gasteiger charge is 2.21. The van der Waals surface area contributed by atoms with Crippen molar-refractivity contribution in [1.82, 2.24) is 0 Å². The van der Waals surface area contributed by atoms with Gasteiger partial charge in [-0.2, -0.15) is 0 Å². The second-order valence-electron chi connectivity index (χ2n) is 4.88. The summed E-state index contributed by atoms with van der Waals surface area (Å²) >= 11 is 0. The molecule has 0 aliphatic rings. The summed E-state index contributed by atoms with van der Waals surface area (Å²) in [4.78, 5) is 0.0224. The zero-order chi connectivity index (χ0) is 14.5. The molecule has 19 heavy (non-hydrogen) atoms. The predicted octanol–water partition coefficient (Wildman–Crippen LogP) is 3.40. The van der Waals surface area contributed by atoms with Crippen molar-refractivity contribution in [3.8, 4) is 0 Å². The molecule has 0 aromatic heterocycles. The summed E-state index contributed by atoms with van der Waals surface area (Å²) in [5.41, 5.74) is 5.32. The van der Waals surface area contributed by atoms with E-state index in [1.54, 1.807) is 0 Å². The van der Waals surface area contributed by atoms with Crippen molar-refractivity contribution in [2.45, 2.75) is 44.4 Å². The van der Waals surface area contributed by atoms with Crippen LogP contribution in [0.25, 0.3) is 0 Å². The van der Waals surface area contributed by atoms with Crippen molar-refractivity contribution in [2.24, 2.45) is 5.92 Å². The van der Waals surface area contributed by atoms with Crippen LogP contribution in [0.2, 0.25) is 0 Å². The number of rotatable bonds is 7. The van der Waals surface area contributed by atoms with Gasteiger partial charge in [-0.05, 0) is 30.5 Å². The highest BCUT2D eigenvalue weighted by molar-refractivity contribution is 7.91. The normalized spacial score (nSPS) is 13.4. The van der Waals surface area contributed by atoms with Crippen molar-refractivity contribution in [2.75, 3.05) is 11.5 Å². The van der Waals surface area contributed by atoms with Crippen LogP contribution in [0.15, 0.2) is 23.1 Å². The van der Waals surface area contributed by atoms with E-state index in [2.05, 4.69) is 6.92 Å². The molecule has 0 aliphatic carbocycles. The summed E-state index contributed by atoms with van der Waals surface area (Å²) in [5.74, 6) is -0.472. The quantitative estimate of drug-likeness (QED) is 0.782. The third kappa shape index (κ3) is 4.49. The van der Waals surface area contributed by atoms with Crippen LogP contribution in [0.4, 0.5) is 10.1 Å². The zero-order valence-electron chi connectivity index (χ0n) is 11.5. The lowest BCUT2D eigenvalue weighted by Crippen LogP contribution is -2.16. The van der Waals surface area contributed by atoms with Gasteiger partial charge >= 0.3 is 0 Å². The van der Waals surface area contributed by atoms with Gasteiger partial charge in [0.1, 0.15) is 5.82 Å². The molecule has 0 saturated carbocycles. The Labute approximate surface area is 114 Å². The maximum absolute atomic E-state index is 13.3. The Bertz CT molecular complexity index is 514. The van der Waals surface area contributed by atoms with Crippen LogP contribution >= 0.6 is 0 Å². The molecular formula is C14H22FNO2S. The number of halogens is 1. The molecule has 108 valence electrons. The second-order valence-corrected chi connectivity index (χ2v) is 6.92. The molecule has 0 bridgehead atoms. The third-order valence-corrected chi connectivity index (χ3v) is 5.21. The van der Waals surface area contributed by atoms with E-state index < -0.39 is 15.7 Å². The van der Waals surface area contributed by atoms with Crippen molar-refractivity contribution < 1.29 is 12.8 Å². The van der Waals surface area contributed by atoms with Crippen LogP contribution in [-0.2, 0) is 9.84 Å². The Morgan fingerprint density at radius 1 is 1.32 bits per heavy atom. The molecular weight excluding hydrogens is 265 g/mol. The molecule has 1 aromatic rings. The Morgan fingerprint density at radius 2 is 2.00 bits per heavy atom. The maximum atomic E-state index is 13.3. The number of anilines is 1. The van der Waals surface area contributed by atoms with Crippen LogP contribution in [0.1, 0.15) is 39.5 Å². The maximum Gasteiger partial charge on any atom is 0.178 e. The van der Waals surface area contributed by atoms with Crippen LogP contribution in [-0.4, -0.2) is 14.2 Å². The summed E-state index contributed by atoms with van der Waals surface area (Å²) in [6.45, 7) is 4.07. The third-order valence-electron chi connectivity index (χ3n) is 3.33. The number of nitrogens with two attached hydrogens (primary N) is 1. The van der Waals surface area contributed by atoms with E-state index in [9.17, 15) is 12.8 Å². The number of hydrogen-bond acceptors (Lipinski definition) is 3.